The highest BCUT2D eigenvalue weighted by Gasteiger charge is 2.20. The number of rotatable bonds is 1. The molecule has 1 heterocycles. The molecule has 1 aliphatic rings. The number of hydrogen-bond acceptors (Lipinski definition) is 2. The number of carbonyl (C=O) groups is 1. The third kappa shape index (κ3) is 1.48. The molecule has 0 aromatic carbocycles. The van der Waals surface area contributed by atoms with E-state index >= 15 is 0 Å². The van der Waals surface area contributed by atoms with E-state index in [1.165, 1.54) is 0 Å². The molecule has 58 valence electrons. The van der Waals surface area contributed by atoms with E-state index in [0.29, 0.717) is 12.6 Å². The van der Waals surface area contributed by atoms with Crippen LogP contribution in [0.2, 0.25) is 0 Å². The highest BCUT2D eigenvalue weighted by molar-refractivity contribution is 5.78. The van der Waals surface area contributed by atoms with Crippen LogP contribution in [0.15, 0.2) is 0 Å². The van der Waals surface area contributed by atoms with Crippen LogP contribution in [0.1, 0.15) is 13.3 Å². The summed E-state index contributed by atoms with van der Waals surface area (Å²) >= 11 is 0. The van der Waals surface area contributed by atoms with Gasteiger partial charge in [0.2, 0.25) is 5.91 Å². The molecular weight excluding hydrogens is 128 g/mol. The Bertz CT molecular complexity index is 136. The van der Waals surface area contributed by atoms with Gasteiger partial charge in [0.05, 0.1) is 6.54 Å². The summed E-state index contributed by atoms with van der Waals surface area (Å²) in [6, 6.07) is 0.540. The van der Waals surface area contributed by atoms with Crippen molar-refractivity contribution in [1.29, 1.82) is 0 Å². The molecule has 0 aliphatic carbocycles. The second kappa shape index (κ2) is 3.01. The van der Waals surface area contributed by atoms with E-state index in [9.17, 15) is 4.79 Å². The van der Waals surface area contributed by atoms with Gasteiger partial charge in [0.1, 0.15) is 0 Å². The first-order valence-corrected chi connectivity index (χ1v) is 3.71. The van der Waals surface area contributed by atoms with Crippen LogP contribution in [-0.4, -0.2) is 37.0 Å². The van der Waals surface area contributed by atoms with Crippen LogP contribution in [0.3, 0.4) is 0 Å². The van der Waals surface area contributed by atoms with E-state index in [0.717, 1.165) is 13.0 Å². The van der Waals surface area contributed by atoms with E-state index in [1.54, 1.807) is 0 Å². The van der Waals surface area contributed by atoms with Crippen molar-refractivity contribution in [3.63, 3.8) is 0 Å². The van der Waals surface area contributed by atoms with Crippen LogP contribution in [0, 0.1) is 0 Å². The number of nitrogens with one attached hydrogen (secondary N) is 1. The fourth-order valence-corrected chi connectivity index (χ4v) is 1.26. The Morgan fingerprint density at radius 1 is 1.80 bits per heavy atom. The Kier molecular flexibility index (Phi) is 2.27. The topological polar surface area (TPSA) is 32.3 Å². The summed E-state index contributed by atoms with van der Waals surface area (Å²) in [5.74, 6) is 0.146. The van der Waals surface area contributed by atoms with Crippen LogP contribution in [-0.2, 0) is 4.79 Å². The van der Waals surface area contributed by atoms with Crippen LogP contribution >= 0.6 is 0 Å². The van der Waals surface area contributed by atoms with Crippen LogP contribution in [0.5, 0.6) is 0 Å². The Balaban J connectivity index is 2.43. The molecule has 0 radical (unpaired) electrons. The average molecular weight is 142 g/mol. The maximum Gasteiger partial charge on any atom is 0.234 e. The minimum Gasteiger partial charge on any atom is -0.353 e. The molecule has 1 unspecified atom stereocenters. The molecule has 1 rings (SSSR count). The summed E-state index contributed by atoms with van der Waals surface area (Å²) in [7, 11) is 1.99. The zero-order valence-electron chi connectivity index (χ0n) is 6.55. The Hall–Kier alpha value is -0.570. The SMILES string of the molecule is CCC1CNC(=O)CN1C. The maximum absolute atomic E-state index is 10.8. The zero-order valence-corrected chi connectivity index (χ0v) is 6.55. The van der Waals surface area contributed by atoms with E-state index in [4.69, 9.17) is 0 Å². The predicted octanol–water partition coefficient (Wildman–Crippen LogP) is -0.173. The summed E-state index contributed by atoms with van der Waals surface area (Å²) in [4.78, 5) is 12.9. The molecule has 3 heteroatoms. The van der Waals surface area contributed by atoms with Gasteiger partial charge in [-0.3, -0.25) is 9.69 Å². The number of hydrogen-bond donors (Lipinski definition) is 1. The third-order valence-electron chi connectivity index (χ3n) is 2.02. The number of likely N-dealkylation sites (N-methyl/N-ethyl adjacent to an activating group) is 1. The first-order chi connectivity index (χ1) is 4.74. The lowest BCUT2D eigenvalue weighted by atomic mass is 10.1. The lowest BCUT2D eigenvalue weighted by Gasteiger charge is -2.31. The highest BCUT2D eigenvalue weighted by Crippen LogP contribution is 2.03. The molecule has 0 bridgehead atoms. The van der Waals surface area contributed by atoms with Crippen molar-refractivity contribution in [2.24, 2.45) is 0 Å². The van der Waals surface area contributed by atoms with Gasteiger partial charge >= 0.3 is 0 Å². The quantitative estimate of drug-likeness (QED) is 0.551. The fourth-order valence-electron chi connectivity index (χ4n) is 1.26. The van der Waals surface area contributed by atoms with Crippen molar-refractivity contribution in [2.45, 2.75) is 19.4 Å². The van der Waals surface area contributed by atoms with E-state index < -0.39 is 0 Å². The number of amides is 1. The monoisotopic (exact) mass is 142 g/mol. The van der Waals surface area contributed by atoms with E-state index in [-0.39, 0.29) is 5.91 Å². The highest BCUT2D eigenvalue weighted by atomic mass is 16.2. The second-order valence-electron chi connectivity index (χ2n) is 2.78. The molecule has 1 saturated heterocycles. The van der Waals surface area contributed by atoms with Gasteiger partial charge in [0.15, 0.2) is 0 Å². The largest absolute Gasteiger partial charge is 0.353 e. The summed E-state index contributed by atoms with van der Waals surface area (Å²) in [5.41, 5.74) is 0. The zero-order chi connectivity index (χ0) is 7.56. The molecule has 0 aromatic rings. The molecule has 1 fully saturated rings. The van der Waals surface area contributed by atoms with Crippen molar-refractivity contribution in [2.75, 3.05) is 20.1 Å². The van der Waals surface area contributed by atoms with Crippen molar-refractivity contribution in [1.82, 2.24) is 10.2 Å². The maximum atomic E-state index is 10.8. The standard InChI is InChI=1S/C7H14N2O/c1-3-6-4-8-7(10)5-9(6)2/h6H,3-5H2,1-2H3,(H,8,10). The second-order valence-corrected chi connectivity index (χ2v) is 2.78. The van der Waals surface area contributed by atoms with Gasteiger partial charge in [-0.05, 0) is 13.5 Å². The van der Waals surface area contributed by atoms with Crippen molar-refractivity contribution in [3.8, 4) is 0 Å². The summed E-state index contributed by atoms with van der Waals surface area (Å²) in [5, 5.41) is 2.83. The van der Waals surface area contributed by atoms with E-state index in [2.05, 4.69) is 17.1 Å². The van der Waals surface area contributed by atoms with Gasteiger partial charge in [0, 0.05) is 12.6 Å². The molecule has 0 saturated carbocycles. The van der Waals surface area contributed by atoms with Crippen molar-refractivity contribution < 1.29 is 4.79 Å². The van der Waals surface area contributed by atoms with Crippen molar-refractivity contribution in [3.05, 3.63) is 0 Å². The first kappa shape index (κ1) is 7.54. The lowest BCUT2D eigenvalue weighted by molar-refractivity contribution is -0.124. The first-order valence-electron chi connectivity index (χ1n) is 3.71. The van der Waals surface area contributed by atoms with Crippen molar-refractivity contribution >= 4 is 5.91 Å². The molecule has 1 amide bonds. The predicted molar refractivity (Wildman–Crippen MR) is 39.7 cm³/mol. The molecule has 10 heavy (non-hydrogen) atoms. The molecule has 1 N–H and O–H groups in total. The number of carbonyl (C=O) groups excluding carboxylic acids is 1. The molecule has 1 atom stereocenters. The summed E-state index contributed by atoms with van der Waals surface area (Å²) < 4.78 is 0. The smallest absolute Gasteiger partial charge is 0.234 e. The minimum atomic E-state index is 0.146. The summed E-state index contributed by atoms with van der Waals surface area (Å²) in [6.45, 7) is 3.50. The average Bonchev–Trinajstić information content (AvgIpc) is 1.88. The van der Waals surface area contributed by atoms with Gasteiger partial charge in [-0.25, -0.2) is 0 Å². The van der Waals surface area contributed by atoms with Gasteiger partial charge in [-0.15, -0.1) is 0 Å². The lowest BCUT2D eigenvalue weighted by Crippen LogP contribution is -2.52. The van der Waals surface area contributed by atoms with E-state index in [1.807, 2.05) is 7.05 Å². The number of piperazine rings is 1. The Morgan fingerprint density at radius 2 is 2.50 bits per heavy atom. The van der Waals surface area contributed by atoms with Crippen LogP contribution < -0.4 is 5.32 Å². The van der Waals surface area contributed by atoms with Crippen LogP contribution in [0.4, 0.5) is 0 Å². The molecule has 0 spiro atoms. The van der Waals surface area contributed by atoms with Gasteiger partial charge in [-0.2, -0.15) is 0 Å². The van der Waals surface area contributed by atoms with Gasteiger partial charge in [-0.1, -0.05) is 6.92 Å². The van der Waals surface area contributed by atoms with Crippen LogP contribution in [0.25, 0.3) is 0 Å². The molecule has 1 aliphatic heterocycles. The van der Waals surface area contributed by atoms with Gasteiger partial charge in [0.25, 0.3) is 0 Å². The molecular formula is C7H14N2O. The normalized spacial score (nSPS) is 28.2. The number of nitrogens with zero attached hydrogens (tertiary/aromatic N) is 1. The Labute approximate surface area is 61.4 Å². The summed E-state index contributed by atoms with van der Waals surface area (Å²) in [6.07, 6.45) is 1.11. The Morgan fingerprint density at radius 3 is 3.00 bits per heavy atom. The van der Waals surface area contributed by atoms with Gasteiger partial charge < -0.3 is 5.32 Å². The molecule has 0 aromatic heterocycles. The fraction of sp³-hybridized carbons (Fsp3) is 0.857. The minimum absolute atomic E-state index is 0.146. The third-order valence-corrected chi connectivity index (χ3v) is 2.02. The molecule has 3 nitrogen and oxygen atoms in total.